The first-order chi connectivity index (χ1) is 13.9. The van der Waals surface area contributed by atoms with Crippen LogP contribution in [0.25, 0.3) is 0 Å². The minimum atomic E-state index is -0.348. The lowest BCUT2D eigenvalue weighted by Gasteiger charge is -2.55. The van der Waals surface area contributed by atoms with E-state index in [1.807, 2.05) is 18.4 Å². The van der Waals surface area contributed by atoms with Crippen molar-refractivity contribution >= 4 is 23.6 Å². The number of aromatic nitrogens is 3. The van der Waals surface area contributed by atoms with Crippen molar-refractivity contribution in [1.82, 2.24) is 20.1 Å². The lowest BCUT2D eigenvalue weighted by Crippen LogP contribution is -2.53. The van der Waals surface area contributed by atoms with Crippen LogP contribution < -0.4 is 5.32 Å². The molecule has 5 rings (SSSR count). The van der Waals surface area contributed by atoms with Gasteiger partial charge in [0.15, 0.2) is 11.0 Å². The molecule has 4 saturated carbocycles. The van der Waals surface area contributed by atoms with E-state index in [4.69, 9.17) is 4.74 Å². The number of thioether (sulfide) groups is 1. The molecular weight excluding hydrogens is 388 g/mol. The summed E-state index contributed by atoms with van der Waals surface area (Å²) in [7, 11) is 0. The molecule has 7 nitrogen and oxygen atoms in total. The summed E-state index contributed by atoms with van der Waals surface area (Å²) in [6.45, 7) is 7.07. The quantitative estimate of drug-likeness (QED) is 0.513. The third-order valence-corrected chi connectivity index (χ3v) is 8.00. The highest BCUT2D eigenvalue weighted by atomic mass is 32.2. The summed E-state index contributed by atoms with van der Waals surface area (Å²) < 4.78 is 7.05. The Hall–Kier alpha value is -1.57. The molecule has 29 heavy (non-hydrogen) atoms. The average Bonchev–Trinajstić information content (AvgIpc) is 3.06. The third kappa shape index (κ3) is 4.05. The standard InChI is InChI=1S/C21H32N4O3S/c1-4-25-17(23-24-20(25)29-13(3)18(26)28-5-2)12-22-19(27)21-9-14-6-15(10-21)8-16(7-14)11-21/h13-16H,4-12H2,1-3H3,(H,22,27)/t13-,14?,15?,16?,21?/m0/s1. The highest BCUT2D eigenvalue weighted by Crippen LogP contribution is 2.60. The number of hydrogen-bond donors (Lipinski definition) is 1. The molecule has 4 aliphatic rings. The topological polar surface area (TPSA) is 86.1 Å². The van der Waals surface area contributed by atoms with E-state index in [0.717, 1.165) is 42.8 Å². The summed E-state index contributed by atoms with van der Waals surface area (Å²) in [6.07, 6.45) is 7.16. The summed E-state index contributed by atoms with van der Waals surface area (Å²) >= 11 is 1.35. The molecule has 1 N–H and O–H groups in total. The molecule has 0 aromatic carbocycles. The van der Waals surface area contributed by atoms with Crippen LogP contribution in [0.5, 0.6) is 0 Å². The molecular formula is C21H32N4O3S. The lowest BCUT2D eigenvalue weighted by molar-refractivity contribution is -0.146. The number of rotatable bonds is 8. The minimum absolute atomic E-state index is 0.151. The lowest BCUT2D eigenvalue weighted by atomic mass is 9.49. The van der Waals surface area contributed by atoms with Gasteiger partial charge in [0.1, 0.15) is 5.25 Å². The predicted octanol–water partition coefficient (Wildman–Crippen LogP) is 3.17. The van der Waals surface area contributed by atoms with Crippen LogP contribution >= 0.6 is 11.8 Å². The minimum Gasteiger partial charge on any atom is -0.465 e. The van der Waals surface area contributed by atoms with Gasteiger partial charge in [-0.3, -0.25) is 9.59 Å². The van der Waals surface area contributed by atoms with Crippen molar-refractivity contribution in [1.29, 1.82) is 0 Å². The number of hydrogen-bond acceptors (Lipinski definition) is 6. The molecule has 4 fully saturated rings. The van der Waals surface area contributed by atoms with Gasteiger partial charge >= 0.3 is 5.97 Å². The van der Waals surface area contributed by atoms with E-state index in [2.05, 4.69) is 15.5 Å². The van der Waals surface area contributed by atoms with Crippen molar-refractivity contribution in [3.8, 4) is 0 Å². The van der Waals surface area contributed by atoms with Gasteiger partial charge in [-0.05, 0) is 77.0 Å². The fourth-order valence-corrected chi connectivity index (χ4v) is 6.99. The van der Waals surface area contributed by atoms with Crippen LogP contribution in [0.4, 0.5) is 0 Å². The summed E-state index contributed by atoms with van der Waals surface area (Å²) in [5.74, 6) is 2.94. The van der Waals surface area contributed by atoms with Gasteiger partial charge in [-0.2, -0.15) is 0 Å². The van der Waals surface area contributed by atoms with Crippen molar-refractivity contribution in [2.24, 2.45) is 23.2 Å². The normalized spacial score (nSPS) is 30.9. The highest BCUT2D eigenvalue weighted by molar-refractivity contribution is 8.00. The van der Waals surface area contributed by atoms with Gasteiger partial charge in [-0.15, -0.1) is 10.2 Å². The SMILES string of the molecule is CCOC(=O)[C@H](C)Sc1nnc(CNC(=O)C23CC4CC(CC(C4)C2)C3)n1CC. The van der Waals surface area contributed by atoms with Crippen LogP contribution in [0.3, 0.4) is 0 Å². The van der Waals surface area contributed by atoms with Crippen molar-refractivity contribution in [2.75, 3.05) is 6.61 Å². The van der Waals surface area contributed by atoms with Gasteiger partial charge in [0.2, 0.25) is 5.91 Å². The number of amides is 1. The summed E-state index contributed by atoms with van der Waals surface area (Å²) in [5, 5.41) is 12.1. The number of carbonyl (C=O) groups excluding carboxylic acids is 2. The number of esters is 1. The van der Waals surface area contributed by atoms with E-state index < -0.39 is 0 Å². The Balaban J connectivity index is 1.39. The van der Waals surface area contributed by atoms with Crippen LogP contribution in [-0.4, -0.2) is 38.5 Å². The zero-order valence-corrected chi connectivity index (χ0v) is 18.5. The van der Waals surface area contributed by atoms with Crippen molar-refractivity contribution in [2.45, 2.75) is 82.8 Å². The fraction of sp³-hybridized carbons (Fsp3) is 0.810. The van der Waals surface area contributed by atoms with Crippen LogP contribution in [0.2, 0.25) is 0 Å². The molecule has 1 atom stereocenters. The van der Waals surface area contributed by atoms with E-state index in [1.54, 1.807) is 6.92 Å². The molecule has 0 saturated heterocycles. The Bertz CT molecular complexity index is 743. The first-order valence-electron chi connectivity index (χ1n) is 11.0. The second-order valence-corrected chi connectivity index (χ2v) is 10.3. The van der Waals surface area contributed by atoms with E-state index in [0.29, 0.717) is 24.9 Å². The molecule has 0 radical (unpaired) electrons. The second kappa shape index (κ2) is 8.28. The second-order valence-electron chi connectivity index (χ2n) is 9.04. The van der Waals surface area contributed by atoms with E-state index >= 15 is 0 Å². The predicted molar refractivity (Wildman–Crippen MR) is 110 cm³/mol. The molecule has 160 valence electrons. The number of nitrogens with zero attached hydrogens (tertiary/aromatic N) is 3. The zero-order valence-electron chi connectivity index (χ0n) is 17.6. The molecule has 4 bridgehead atoms. The first kappa shape index (κ1) is 20.7. The zero-order chi connectivity index (χ0) is 20.6. The molecule has 1 aromatic heterocycles. The van der Waals surface area contributed by atoms with Crippen molar-refractivity contribution < 1.29 is 14.3 Å². The maximum atomic E-state index is 13.2. The van der Waals surface area contributed by atoms with Gasteiger partial charge in [-0.25, -0.2) is 0 Å². The van der Waals surface area contributed by atoms with Gasteiger partial charge in [0, 0.05) is 12.0 Å². The molecule has 0 spiro atoms. The van der Waals surface area contributed by atoms with Crippen LogP contribution in [0, 0.1) is 23.2 Å². The smallest absolute Gasteiger partial charge is 0.319 e. The van der Waals surface area contributed by atoms with Gasteiger partial charge < -0.3 is 14.6 Å². The van der Waals surface area contributed by atoms with Gasteiger partial charge in [0.05, 0.1) is 13.2 Å². The molecule has 8 heteroatoms. The maximum Gasteiger partial charge on any atom is 0.319 e. The van der Waals surface area contributed by atoms with E-state index in [9.17, 15) is 9.59 Å². The van der Waals surface area contributed by atoms with Crippen molar-refractivity contribution in [3.63, 3.8) is 0 Å². The van der Waals surface area contributed by atoms with Crippen LogP contribution in [0.15, 0.2) is 5.16 Å². The van der Waals surface area contributed by atoms with Crippen LogP contribution in [0.1, 0.15) is 65.1 Å². The monoisotopic (exact) mass is 420 g/mol. The Morgan fingerprint density at radius 1 is 1.17 bits per heavy atom. The summed E-state index contributed by atoms with van der Waals surface area (Å²) in [4.78, 5) is 25.1. The van der Waals surface area contributed by atoms with Crippen molar-refractivity contribution in [3.05, 3.63) is 5.82 Å². The third-order valence-electron chi connectivity index (χ3n) is 6.94. The maximum absolute atomic E-state index is 13.2. The fourth-order valence-electron chi connectivity index (χ4n) is 6.06. The summed E-state index contributed by atoms with van der Waals surface area (Å²) in [5.41, 5.74) is -0.151. The molecule has 1 aromatic rings. The Labute approximate surface area is 176 Å². The highest BCUT2D eigenvalue weighted by Gasteiger charge is 2.54. The van der Waals surface area contributed by atoms with E-state index in [1.165, 1.54) is 31.0 Å². The molecule has 0 aliphatic heterocycles. The first-order valence-corrected chi connectivity index (χ1v) is 11.9. The number of nitrogens with one attached hydrogen (secondary N) is 1. The Morgan fingerprint density at radius 3 is 2.34 bits per heavy atom. The number of carbonyl (C=O) groups is 2. The Kier molecular flexibility index (Phi) is 5.91. The van der Waals surface area contributed by atoms with E-state index in [-0.39, 0.29) is 22.5 Å². The molecule has 1 heterocycles. The van der Waals surface area contributed by atoms with Crippen LogP contribution in [-0.2, 0) is 27.4 Å². The number of ether oxygens (including phenoxy) is 1. The van der Waals surface area contributed by atoms with Gasteiger partial charge in [-0.1, -0.05) is 11.8 Å². The van der Waals surface area contributed by atoms with Gasteiger partial charge in [0.25, 0.3) is 0 Å². The average molecular weight is 421 g/mol. The molecule has 1 amide bonds. The summed E-state index contributed by atoms with van der Waals surface area (Å²) in [6, 6.07) is 0. The largest absolute Gasteiger partial charge is 0.465 e. The molecule has 4 aliphatic carbocycles. The molecule has 0 unspecified atom stereocenters. The Morgan fingerprint density at radius 2 is 1.79 bits per heavy atom.